The van der Waals surface area contributed by atoms with Crippen LogP contribution in [-0.2, 0) is 9.63 Å². The summed E-state index contributed by atoms with van der Waals surface area (Å²) in [5.74, 6) is 2.43. The SMILES string of the molecule is CCONC(=O)C1CCSCC1. The van der Waals surface area contributed by atoms with E-state index in [0.29, 0.717) is 6.61 Å². The van der Waals surface area contributed by atoms with E-state index in [1.807, 2.05) is 18.7 Å². The second-order valence-corrected chi connectivity index (χ2v) is 4.01. The molecule has 70 valence electrons. The van der Waals surface area contributed by atoms with E-state index in [1.165, 1.54) is 0 Å². The first-order chi connectivity index (χ1) is 5.84. The normalized spacial score (nSPS) is 19.1. The number of amides is 1. The molecule has 1 saturated heterocycles. The van der Waals surface area contributed by atoms with E-state index in [2.05, 4.69) is 5.48 Å². The average Bonchev–Trinajstić information content (AvgIpc) is 2.15. The van der Waals surface area contributed by atoms with Crippen LogP contribution in [0.1, 0.15) is 19.8 Å². The molecule has 0 bridgehead atoms. The first-order valence-electron chi connectivity index (χ1n) is 4.34. The summed E-state index contributed by atoms with van der Waals surface area (Å²) in [5, 5.41) is 0. The number of hydrogen-bond donors (Lipinski definition) is 1. The Kier molecular flexibility index (Phi) is 4.46. The van der Waals surface area contributed by atoms with Crippen molar-refractivity contribution in [3.8, 4) is 0 Å². The number of nitrogens with one attached hydrogen (secondary N) is 1. The monoisotopic (exact) mass is 189 g/mol. The summed E-state index contributed by atoms with van der Waals surface area (Å²) < 4.78 is 0. The van der Waals surface area contributed by atoms with Gasteiger partial charge in [-0.05, 0) is 31.3 Å². The zero-order valence-corrected chi connectivity index (χ0v) is 8.15. The van der Waals surface area contributed by atoms with Crippen LogP contribution < -0.4 is 5.48 Å². The third kappa shape index (κ3) is 3.03. The molecule has 0 radical (unpaired) electrons. The number of carbonyl (C=O) groups is 1. The van der Waals surface area contributed by atoms with Crippen LogP contribution in [0.3, 0.4) is 0 Å². The Balaban J connectivity index is 2.20. The lowest BCUT2D eigenvalue weighted by atomic mass is 10.0. The molecule has 1 N–H and O–H groups in total. The Morgan fingerprint density at radius 3 is 2.83 bits per heavy atom. The van der Waals surface area contributed by atoms with E-state index in [-0.39, 0.29) is 11.8 Å². The van der Waals surface area contributed by atoms with Crippen molar-refractivity contribution < 1.29 is 9.63 Å². The van der Waals surface area contributed by atoms with E-state index < -0.39 is 0 Å². The Bertz CT molecular complexity index is 146. The summed E-state index contributed by atoms with van der Waals surface area (Å²) in [4.78, 5) is 16.2. The van der Waals surface area contributed by atoms with Crippen molar-refractivity contribution in [3.05, 3.63) is 0 Å². The minimum atomic E-state index is 0.0529. The second kappa shape index (κ2) is 5.43. The van der Waals surface area contributed by atoms with Gasteiger partial charge in [0.15, 0.2) is 0 Å². The van der Waals surface area contributed by atoms with Crippen LogP contribution >= 0.6 is 11.8 Å². The lowest BCUT2D eigenvalue weighted by Crippen LogP contribution is -2.32. The minimum Gasteiger partial charge on any atom is -0.274 e. The third-order valence-corrected chi connectivity index (χ3v) is 2.96. The van der Waals surface area contributed by atoms with Gasteiger partial charge in [0.25, 0.3) is 0 Å². The van der Waals surface area contributed by atoms with Gasteiger partial charge >= 0.3 is 0 Å². The molecule has 1 heterocycles. The number of thioether (sulfide) groups is 1. The molecule has 1 aliphatic rings. The van der Waals surface area contributed by atoms with Gasteiger partial charge in [-0.25, -0.2) is 5.48 Å². The summed E-state index contributed by atoms with van der Waals surface area (Å²) in [6, 6.07) is 0. The lowest BCUT2D eigenvalue weighted by molar-refractivity contribution is -0.137. The molecular formula is C8H15NO2S. The molecule has 0 aromatic heterocycles. The van der Waals surface area contributed by atoms with Crippen LogP contribution in [0.4, 0.5) is 0 Å². The summed E-state index contributed by atoms with van der Waals surface area (Å²) in [5.41, 5.74) is 2.45. The second-order valence-electron chi connectivity index (χ2n) is 2.79. The van der Waals surface area contributed by atoms with Gasteiger partial charge in [-0.15, -0.1) is 0 Å². The summed E-state index contributed by atoms with van der Waals surface area (Å²) in [6.45, 7) is 2.39. The van der Waals surface area contributed by atoms with Crippen LogP contribution in [0.5, 0.6) is 0 Å². The number of carbonyl (C=O) groups excluding carboxylic acids is 1. The van der Waals surface area contributed by atoms with Crippen molar-refractivity contribution in [1.29, 1.82) is 0 Å². The zero-order chi connectivity index (χ0) is 8.81. The molecule has 0 unspecified atom stereocenters. The Hall–Kier alpha value is -0.220. The van der Waals surface area contributed by atoms with Gasteiger partial charge in [0, 0.05) is 5.92 Å². The highest BCUT2D eigenvalue weighted by Crippen LogP contribution is 2.22. The van der Waals surface area contributed by atoms with Gasteiger partial charge in [0.1, 0.15) is 0 Å². The van der Waals surface area contributed by atoms with Gasteiger partial charge in [-0.1, -0.05) is 0 Å². The predicted molar refractivity (Wildman–Crippen MR) is 49.8 cm³/mol. The van der Waals surface area contributed by atoms with Crippen molar-refractivity contribution in [1.82, 2.24) is 5.48 Å². The average molecular weight is 189 g/mol. The van der Waals surface area contributed by atoms with Crippen molar-refractivity contribution >= 4 is 17.7 Å². The van der Waals surface area contributed by atoms with Crippen molar-refractivity contribution in [2.75, 3.05) is 18.1 Å². The van der Waals surface area contributed by atoms with E-state index in [0.717, 1.165) is 24.3 Å². The van der Waals surface area contributed by atoms with E-state index in [4.69, 9.17) is 4.84 Å². The van der Waals surface area contributed by atoms with Gasteiger partial charge in [-0.3, -0.25) is 9.63 Å². The standard InChI is InChI=1S/C8H15NO2S/c1-2-11-9-8(10)7-3-5-12-6-4-7/h7H,2-6H2,1H3,(H,9,10). The molecule has 4 heteroatoms. The maximum atomic E-state index is 11.3. The van der Waals surface area contributed by atoms with Crippen LogP contribution in [0.25, 0.3) is 0 Å². The maximum absolute atomic E-state index is 11.3. The molecule has 1 fully saturated rings. The van der Waals surface area contributed by atoms with Crippen LogP contribution in [0, 0.1) is 5.92 Å². The summed E-state index contributed by atoms with van der Waals surface area (Å²) in [7, 11) is 0. The molecule has 0 aliphatic carbocycles. The Morgan fingerprint density at radius 2 is 2.25 bits per heavy atom. The molecule has 1 rings (SSSR count). The predicted octanol–water partition coefficient (Wildman–Crippen LogP) is 1.20. The van der Waals surface area contributed by atoms with E-state index in [9.17, 15) is 4.79 Å². The van der Waals surface area contributed by atoms with Gasteiger partial charge in [0.05, 0.1) is 6.61 Å². The number of rotatable bonds is 3. The number of hydroxylamine groups is 1. The fourth-order valence-corrected chi connectivity index (χ4v) is 2.29. The van der Waals surface area contributed by atoms with Gasteiger partial charge in [-0.2, -0.15) is 11.8 Å². The minimum absolute atomic E-state index is 0.0529. The highest BCUT2D eigenvalue weighted by atomic mass is 32.2. The van der Waals surface area contributed by atoms with Crippen LogP contribution in [0.2, 0.25) is 0 Å². The van der Waals surface area contributed by atoms with Crippen molar-refractivity contribution in [2.45, 2.75) is 19.8 Å². The molecule has 0 aromatic carbocycles. The zero-order valence-electron chi connectivity index (χ0n) is 7.34. The fourth-order valence-electron chi connectivity index (χ4n) is 1.19. The molecular weight excluding hydrogens is 174 g/mol. The molecule has 3 nitrogen and oxygen atoms in total. The van der Waals surface area contributed by atoms with Gasteiger partial charge < -0.3 is 0 Å². The molecule has 12 heavy (non-hydrogen) atoms. The molecule has 1 aliphatic heterocycles. The van der Waals surface area contributed by atoms with Crippen LogP contribution in [-0.4, -0.2) is 24.0 Å². The van der Waals surface area contributed by atoms with E-state index in [1.54, 1.807) is 0 Å². The highest BCUT2D eigenvalue weighted by molar-refractivity contribution is 7.99. The quantitative estimate of drug-likeness (QED) is 0.678. The summed E-state index contributed by atoms with van der Waals surface area (Å²) in [6.07, 6.45) is 1.98. The molecule has 0 aromatic rings. The third-order valence-electron chi connectivity index (χ3n) is 1.91. The molecule has 0 atom stereocenters. The van der Waals surface area contributed by atoms with Crippen molar-refractivity contribution in [3.63, 3.8) is 0 Å². The molecule has 1 amide bonds. The first-order valence-corrected chi connectivity index (χ1v) is 5.49. The molecule has 0 spiro atoms. The van der Waals surface area contributed by atoms with Crippen molar-refractivity contribution in [2.24, 2.45) is 5.92 Å². The Labute approximate surface area is 77.2 Å². The topological polar surface area (TPSA) is 38.3 Å². The summed E-state index contributed by atoms with van der Waals surface area (Å²) >= 11 is 1.92. The van der Waals surface area contributed by atoms with Crippen LogP contribution in [0.15, 0.2) is 0 Å². The smallest absolute Gasteiger partial charge is 0.246 e. The lowest BCUT2D eigenvalue weighted by Gasteiger charge is -2.19. The first kappa shape index (κ1) is 9.86. The largest absolute Gasteiger partial charge is 0.274 e. The molecule has 0 saturated carbocycles. The Morgan fingerprint density at radius 1 is 1.58 bits per heavy atom. The van der Waals surface area contributed by atoms with E-state index >= 15 is 0 Å². The highest BCUT2D eigenvalue weighted by Gasteiger charge is 2.20. The number of hydrogen-bond acceptors (Lipinski definition) is 3. The maximum Gasteiger partial charge on any atom is 0.246 e. The van der Waals surface area contributed by atoms with Gasteiger partial charge in [0.2, 0.25) is 5.91 Å². The fraction of sp³-hybridized carbons (Fsp3) is 0.875.